The second-order valence-electron chi connectivity index (χ2n) is 9.99. The van der Waals surface area contributed by atoms with Crippen molar-refractivity contribution >= 4 is 55.9 Å². The van der Waals surface area contributed by atoms with Crippen LogP contribution in [0.15, 0.2) is 16.7 Å². The summed E-state index contributed by atoms with van der Waals surface area (Å²) >= 11 is 0.992. The second-order valence-corrected chi connectivity index (χ2v) is 12.2. The molecule has 2 fully saturated rings. The molecule has 0 bridgehead atoms. The Kier molecular flexibility index (Phi) is 11.6. The van der Waals surface area contributed by atoms with Crippen molar-refractivity contribution in [2.45, 2.75) is 83.4 Å². The number of nitrogens with zero attached hydrogens (tertiary/aromatic N) is 6. The highest BCUT2D eigenvalue weighted by atomic mass is 32.2. The van der Waals surface area contributed by atoms with Crippen LogP contribution >= 0.6 is 11.3 Å². The summed E-state index contributed by atoms with van der Waals surface area (Å²) in [4.78, 5) is 59.9. The minimum atomic E-state index is -4.98. The SMILES string of the molecule is CC.NCCCCC(=O)CCc1cnn(C[C@@H]2[C@H](CC(=O)/C(=N\OC3(C(=O)O)CC3)c3csc(N)n3)C(=O)N2S(=O)(=O)O)n1. The highest BCUT2D eigenvalue weighted by Gasteiger charge is 2.56. The lowest BCUT2D eigenvalue weighted by Gasteiger charge is -2.43. The van der Waals surface area contributed by atoms with Gasteiger partial charge in [0.05, 0.1) is 30.4 Å². The summed E-state index contributed by atoms with van der Waals surface area (Å²) < 4.78 is 33.8. The molecule has 0 aromatic carbocycles. The van der Waals surface area contributed by atoms with Crippen LogP contribution in [0.5, 0.6) is 0 Å². The third kappa shape index (κ3) is 8.42. The minimum Gasteiger partial charge on any atom is -0.478 e. The van der Waals surface area contributed by atoms with Crippen molar-refractivity contribution in [1.29, 1.82) is 0 Å². The number of Topliss-reactive ketones (excluding diaryl/α,β-unsaturated/α-hetero) is 2. The van der Waals surface area contributed by atoms with Gasteiger partial charge in [0.1, 0.15) is 11.5 Å². The lowest BCUT2D eigenvalue weighted by molar-refractivity contribution is -0.153. The molecule has 6 N–H and O–H groups in total. The number of carboxylic acid groups (broad SMARTS) is 1. The molecule has 0 unspecified atom stereocenters. The summed E-state index contributed by atoms with van der Waals surface area (Å²) in [5.41, 5.74) is 9.61. The first-order valence-corrected chi connectivity index (χ1v) is 16.3. The molecular formula is C25H36N8O9S2. The van der Waals surface area contributed by atoms with E-state index in [1.807, 2.05) is 13.8 Å². The third-order valence-electron chi connectivity index (χ3n) is 6.89. The van der Waals surface area contributed by atoms with E-state index >= 15 is 0 Å². The third-order valence-corrected chi connectivity index (χ3v) is 8.51. The number of hydrogen-bond donors (Lipinski definition) is 4. The number of carboxylic acids is 1. The van der Waals surface area contributed by atoms with Gasteiger partial charge >= 0.3 is 16.3 Å². The predicted molar refractivity (Wildman–Crippen MR) is 157 cm³/mol. The summed E-state index contributed by atoms with van der Waals surface area (Å²) in [6.07, 6.45) is 3.56. The fourth-order valence-electron chi connectivity index (χ4n) is 4.37. The van der Waals surface area contributed by atoms with Gasteiger partial charge in [0.25, 0.3) is 0 Å². The van der Waals surface area contributed by atoms with E-state index in [1.54, 1.807) is 0 Å². The molecule has 2 aromatic heterocycles. The normalized spacial score (nSPS) is 19.0. The average Bonchev–Trinajstić information content (AvgIpc) is 3.44. The Labute approximate surface area is 257 Å². The van der Waals surface area contributed by atoms with E-state index in [0.29, 0.717) is 31.5 Å². The summed E-state index contributed by atoms with van der Waals surface area (Å²) in [7, 11) is -4.98. The van der Waals surface area contributed by atoms with Gasteiger partial charge in [0.15, 0.2) is 16.6 Å². The van der Waals surface area contributed by atoms with Crippen molar-refractivity contribution in [2.24, 2.45) is 16.8 Å². The number of unbranched alkanes of at least 4 members (excludes halogenated alkanes) is 1. The van der Waals surface area contributed by atoms with Crippen LogP contribution in [0.2, 0.25) is 0 Å². The monoisotopic (exact) mass is 656 g/mol. The first kappa shape index (κ1) is 34.7. The number of nitrogens with two attached hydrogens (primary N) is 2. The molecule has 2 aromatic rings. The maximum atomic E-state index is 13.3. The topological polar surface area (TPSA) is 263 Å². The predicted octanol–water partition coefficient (Wildman–Crippen LogP) is 0.601. The molecule has 242 valence electrons. The van der Waals surface area contributed by atoms with E-state index in [1.165, 1.54) is 11.6 Å². The molecule has 2 atom stereocenters. The molecule has 19 heteroatoms. The number of β-lactam (4-membered cyclic amide) rings is 1. The van der Waals surface area contributed by atoms with Crippen LogP contribution in [0.25, 0.3) is 0 Å². The highest BCUT2D eigenvalue weighted by molar-refractivity contribution is 7.84. The minimum absolute atomic E-state index is 0.00499. The van der Waals surface area contributed by atoms with Crippen LogP contribution in [0.1, 0.15) is 70.2 Å². The van der Waals surface area contributed by atoms with E-state index in [9.17, 15) is 37.3 Å². The van der Waals surface area contributed by atoms with Crippen LogP contribution in [0.3, 0.4) is 0 Å². The van der Waals surface area contributed by atoms with Crippen molar-refractivity contribution in [3.63, 3.8) is 0 Å². The van der Waals surface area contributed by atoms with E-state index in [2.05, 4.69) is 20.3 Å². The number of anilines is 1. The first-order valence-electron chi connectivity index (χ1n) is 14.0. The summed E-state index contributed by atoms with van der Waals surface area (Å²) in [5.74, 6) is -4.27. The molecule has 1 saturated heterocycles. The summed E-state index contributed by atoms with van der Waals surface area (Å²) in [5, 5.41) is 22.9. The van der Waals surface area contributed by atoms with Crippen molar-refractivity contribution in [1.82, 2.24) is 24.3 Å². The fraction of sp³-hybridized carbons (Fsp3) is 0.600. The Morgan fingerprint density at radius 2 is 1.93 bits per heavy atom. The smallest absolute Gasteiger partial charge is 0.362 e. The molecule has 1 aliphatic carbocycles. The Morgan fingerprint density at radius 3 is 2.50 bits per heavy atom. The van der Waals surface area contributed by atoms with Gasteiger partial charge in [-0.3, -0.25) is 18.9 Å². The number of aliphatic carboxylic acids is 1. The molecule has 4 rings (SSSR count). The summed E-state index contributed by atoms with van der Waals surface area (Å²) in [6, 6.07) is -1.23. The van der Waals surface area contributed by atoms with Crippen LogP contribution in [0, 0.1) is 5.92 Å². The highest BCUT2D eigenvalue weighted by Crippen LogP contribution is 2.40. The van der Waals surface area contributed by atoms with Crippen molar-refractivity contribution in [3.8, 4) is 0 Å². The molecule has 0 radical (unpaired) electrons. The number of carbonyl (C=O) groups excluding carboxylic acids is 3. The Balaban J connectivity index is 0.00000259. The first-order chi connectivity index (χ1) is 20.8. The fourth-order valence-corrected chi connectivity index (χ4v) is 5.83. The van der Waals surface area contributed by atoms with E-state index < -0.39 is 51.9 Å². The van der Waals surface area contributed by atoms with Crippen molar-refractivity contribution < 1.29 is 42.1 Å². The zero-order valence-corrected chi connectivity index (χ0v) is 25.9. The number of aromatic nitrogens is 4. The number of aryl methyl sites for hydroxylation is 1. The molecule has 1 amide bonds. The van der Waals surface area contributed by atoms with Gasteiger partial charge in [-0.05, 0) is 25.8 Å². The average molecular weight is 657 g/mol. The number of rotatable bonds is 17. The molecule has 3 heterocycles. The molecule has 1 saturated carbocycles. The van der Waals surface area contributed by atoms with Crippen molar-refractivity contribution in [3.05, 3.63) is 23.0 Å². The Morgan fingerprint density at radius 1 is 1.23 bits per heavy atom. The van der Waals surface area contributed by atoms with E-state index in [0.717, 1.165) is 22.6 Å². The molecule has 17 nitrogen and oxygen atoms in total. The van der Waals surface area contributed by atoms with Gasteiger partial charge in [-0.15, -0.1) is 11.3 Å². The van der Waals surface area contributed by atoms with E-state index in [4.69, 9.17) is 16.3 Å². The number of hydrogen-bond acceptors (Lipinski definition) is 14. The van der Waals surface area contributed by atoms with Crippen LogP contribution in [0.4, 0.5) is 5.13 Å². The van der Waals surface area contributed by atoms with Gasteiger partial charge in [-0.1, -0.05) is 19.0 Å². The van der Waals surface area contributed by atoms with Crippen LogP contribution < -0.4 is 11.5 Å². The van der Waals surface area contributed by atoms with Gasteiger partial charge in [-0.2, -0.15) is 23.4 Å². The van der Waals surface area contributed by atoms with Gasteiger partial charge in [0.2, 0.25) is 11.5 Å². The molecular weight excluding hydrogens is 620 g/mol. The second kappa shape index (κ2) is 14.8. The number of nitrogen functional groups attached to an aromatic ring is 1. The largest absolute Gasteiger partial charge is 0.478 e. The maximum Gasteiger partial charge on any atom is 0.362 e. The van der Waals surface area contributed by atoms with E-state index in [-0.39, 0.29) is 52.4 Å². The number of ketones is 2. The number of carbonyl (C=O) groups is 4. The van der Waals surface area contributed by atoms with Crippen molar-refractivity contribution in [2.75, 3.05) is 12.3 Å². The van der Waals surface area contributed by atoms with Crippen LogP contribution in [-0.2, 0) is 47.3 Å². The van der Waals surface area contributed by atoms with Gasteiger partial charge in [-0.25, -0.2) is 14.1 Å². The lowest BCUT2D eigenvalue weighted by Crippen LogP contribution is -2.64. The van der Waals surface area contributed by atoms with Crippen LogP contribution in [-0.4, -0.2) is 89.7 Å². The number of amides is 1. The zero-order chi connectivity index (χ0) is 32.7. The summed E-state index contributed by atoms with van der Waals surface area (Å²) in [6.45, 7) is 4.22. The Bertz CT molecular complexity index is 1500. The number of thiazole rings is 1. The molecule has 2 aliphatic rings. The zero-order valence-electron chi connectivity index (χ0n) is 24.3. The number of oxime groups is 1. The lowest BCUT2D eigenvalue weighted by atomic mass is 9.84. The molecule has 44 heavy (non-hydrogen) atoms. The van der Waals surface area contributed by atoms with Gasteiger partial charge in [0, 0.05) is 37.5 Å². The quantitative estimate of drug-likeness (QED) is 0.0597. The maximum absolute atomic E-state index is 13.3. The van der Waals surface area contributed by atoms with Gasteiger partial charge < -0.3 is 21.4 Å². The molecule has 0 spiro atoms. The Hall–Kier alpha value is -3.81. The molecule has 1 aliphatic heterocycles. The standard InChI is InChI=1S/C23H30N8O9S2.C2H6/c24-8-2-1-3-14(32)5-4-13-10-26-30(28-13)11-17-15(20(34)31(17)42(37,38)39)9-18(33)19(16-12-41-22(25)27-16)29-40-23(6-7-23)21(35)36;1-2/h10,12,15,17H,1-9,11,24H2,(H2,25,27)(H,35,36)(H,37,38,39);1-2H3/b29-19-;/t15-,17+;/m0./s1.